The van der Waals surface area contributed by atoms with Crippen molar-refractivity contribution >= 4 is 0 Å². The van der Waals surface area contributed by atoms with Crippen LogP contribution in [0.25, 0.3) is 11.3 Å². The normalized spacial score (nSPS) is 12.2. The van der Waals surface area contributed by atoms with Crippen LogP contribution in [0.1, 0.15) is 12.7 Å². The monoisotopic (exact) mass is 261 g/mol. The van der Waals surface area contributed by atoms with Gasteiger partial charge in [-0.3, -0.25) is 0 Å². The number of methoxy groups -OCH3 is 2. The molecular formula is C14H19N3O2. The highest BCUT2D eigenvalue weighted by atomic mass is 16.5. The first kappa shape index (κ1) is 13.4. The van der Waals surface area contributed by atoms with E-state index in [2.05, 4.69) is 9.97 Å². The number of hydrogen-bond donors (Lipinski definition) is 2. The molecule has 0 radical (unpaired) electrons. The lowest BCUT2D eigenvalue weighted by atomic mass is 10.1. The van der Waals surface area contributed by atoms with Crippen molar-refractivity contribution in [2.45, 2.75) is 19.4 Å². The van der Waals surface area contributed by atoms with Crippen molar-refractivity contribution in [1.82, 2.24) is 9.97 Å². The molecule has 0 saturated carbocycles. The maximum absolute atomic E-state index is 5.77. The van der Waals surface area contributed by atoms with Crippen molar-refractivity contribution in [3.8, 4) is 22.8 Å². The van der Waals surface area contributed by atoms with Crippen molar-refractivity contribution in [3.05, 3.63) is 30.2 Å². The second-order valence-electron chi connectivity index (χ2n) is 4.49. The van der Waals surface area contributed by atoms with E-state index in [4.69, 9.17) is 15.2 Å². The number of nitrogens with zero attached hydrogens (tertiary/aromatic N) is 1. The second-order valence-corrected chi connectivity index (χ2v) is 4.49. The van der Waals surface area contributed by atoms with Gasteiger partial charge in [0.15, 0.2) is 0 Å². The van der Waals surface area contributed by atoms with E-state index < -0.39 is 0 Å². The summed E-state index contributed by atoms with van der Waals surface area (Å²) in [6.07, 6.45) is 2.50. The number of aromatic amines is 1. The molecule has 0 fully saturated rings. The molecule has 1 aromatic heterocycles. The van der Waals surface area contributed by atoms with Gasteiger partial charge in [0, 0.05) is 18.0 Å². The maximum Gasteiger partial charge on any atom is 0.128 e. The molecule has 0 amide bonds. The molecule has 0 spiro atoms. The van der Waals surface area contributed by atoms with Gasteiger partial charge in [0.05, 0.1) is 26.1 Å². The minimum atomic E-state index is 0.0752. The highest BCUT2D eigenvalue weighted by Crippen LogP contribution is 2.32. The molecule has 0 saturated heterocycles. The summed E-state index contributed by atoms with van der Waals surface area (Å²) in [5.74, 6) is 2.42. The number of benzene rings is 1. The third kappa shape index (κ3) is 3.06. The first-order chi connectivity index (χ1) is 9.13. The van der Waals surface area contributed by atoms with Crippen molar-refractivity contribution in [1.29, 1.82) is 0 Å². The lowest BCUT2D eigenvalue weighted by Gasteiger charge is -2.09. The van der Waals surface area contributed by atoms with Gasteiger partial charge in [-0.05, 0) is 25.1 Å². The molecule has 0 aliphatic heterocycles. The molecule has 5 heteroatoms. The molecule has 19 heavy (non-hydrogen) atoms. The molecule has 3 N–H and O–H groups in total. The van der Waals surface area contributed by atoms with Crippen LogP contribution in [0.4, 0.5) is 0 Å². The molecule has 0 aliphatic rings. The maximum atomic E-state index is 5.77. The predicted octanol–water partition coefficient (Wildman–Crippen LogP) is 1.98. The Morgan fingerprint density at radius 3 is 2.74 bits per heavy atom. The van der Waals surface area contributed by atoms with Crippen LogP contribution in [0, 0.1) is 0 Å². The Balaban J connectivity index is 2.36. The van der Waals surface area contributed by atoms with E-state index in [0.29, 0.717) is 6.42 Å². The molecule has 1 aromatic carbocycles. The van der Waals surface area contributed by atoms with Crippen molar-refractivity contribution < 1.29 is 9.47 Å². The number of rotatable bonds is 5. The predicted molar refractivity (Wildman–Crippen MR) is 74.5 cm³/mol. The summed E-state index contributed by atoms with van der Waals surface area (Å²) in [6, 6.07) is 5.73. The number of ether oxygens (including phenoxy) is 2. The number of aromatic nitrogens is 2. The minimum Gasteiger partial charge on any atom is -0.497 e. The van der Waals surface area contributed by atoms with Crippen LogP contribution in [-0.4, -0.2) is 30.2 Å². The summed E-state index contributed by atoms with van der Waals surface area (Å²) in [7, 11) is 3.28. The topological polar surface area (TPSA) is 73.2 Å². The Hall–Kier alpha value is -2.01. The first-order valence-electron chi connectivity index (χ1n) is 6.16. The van der Waals surface area contributed by atoms with Gasteiger partial charge in [0.1, 0.15) is 17.3 Å². The third-order valence-electron chi connectivity index (χ3n) is 2.84. The Morgan fingerprint density at radius 1 is 1.32 bits per heavy atom. The fourth-order valence-electron chi connectivity index (χ4n) is 1.93. The van der Waals surface area contributed by atoms with Gasteiger partial charge in [-0.2, -0.15) is 0 Å². The fourth-order valence-corrected chi connectivity index (χ4v) is 1.93. The third-order valence-corrected chi connectivity index (χ3v) is 2.84. The number of imidazole rings is 1. The fraction of sp³-hybridized carbons (Fsp3) is 0.357. The van der Waals surface area contributed by atoms with Crippen LogP contribution in [0.15, 0.2) is 24.4 Å². The summed E-state index contributed by atoms with van der Waals surface area (Å²) in [5.41, 5.74) is 7.59. The number of H-pyrrole nitrogens is 1. The van der Waals surface area contributed by atoms with Gasteiger partial charge < -0.3 is 20.2 Å². The van der Waals surface area contributed by atoms with Crippen molar-refractivity contribution in [2.75, 3.05) is 14.2 Å². The van der Waals surface area contributed by atoms with Gasteiger partial charge in [-0.1, -0.05) is 0 Å². The minimum absolute atomic E-state index is 0.0752. The summed E-state index contributed by atoms with van der Waals surface area (Å²) in [4.78, 5) is 7.59. The average molecular weight is 261 g/mol. The van der Waals surface area contributed by atoms with E-state index in [1.807, 2.05) is 25.1 Å². The van der Waals surface area contributed by atoms with Crippen LogP contribution >= 0.6 is 0 Å². The van der Waals surface area contributed by atoms with Crippen LogP contribution in [0.2, 0.25) is 0 Å². The van der Waals surface area contributed by atoms with Gasteiger partial charge in [-0.25, -0.2) is 4.98 Å². The molecular weight excluding hydrogens is 242 g/mol. The zero-order valence-corrected chi connectivity index (χ0v) is 11.4. The van der Waals surface area contributed by atoms with Crippen molar-refractivity contribution in [2.24, 2.45) is 5.73 Å². The first-order valence-corrected chi connectivity index (χ1v) is 6.16. The molecule has 1 atom stereocenters. The molecule has 2 rings (SSSR count). The molecule has 0 aliphatic carbocycles. The molecule has 1 unspecified atom stereocenters. The lowest BCUT2D eigenvalue weighted by molar-refractivity contribution is 0.404. The van der Waals surface area contributed by atoms with E-state index in [9.17, 15) is 0 Å². The van der Waals surface area contributed by atoms with E-state index in [1.165, 1.54) is 0 Å². The quantitative estimate of drug-likeness (QED) is 0.863. The highest BCUT2D eigenvalue weighted by Gasteiger charge is 2.11. The Labute approximate surface area is 112 Å². The Kier molecular flexibility index (Phi) is 4.06. The average Bonchev–Trinajstić information content (AvgIpc) is 2.85. The second kappa shape index (κ2) is 5.75. The molecule has 2 aromatic rings. The molecule has 102 valence electrons. The SMILES string of the molecule is COc1ccc(OC)c(-c2cnc(CC(C)N)[nH]2)c1. The van der Waals surface area contributed by atoms with E-state index in [-0.39, 0.29) is 6.04 Å². The number of hydrogen-bond acceptors (Lipinski definition) is 4. The van der Waals surface area contributed by atoms with E-state index in [0.717, 1.165) is 28.6 Å². The largest absolute Gasteiger partial charge is 0.497 e. The molecule has 5 nitrogen and oxygen atoms in total. The summed E-state index contributed by atoms with van der Waals surface area (Å²) in [6.45, 7) is 1.95. The van der Waals surface area contributed by atoms with Crippen LogP contribution in [0.5, 0.6) is 11.5 Å². The molecule has 0 bridgehead atoms. The van der Waals surface area contributed by atoms with Crippen LogP contribution in [0.3, 0.4) is 0 Å². The van der Waals surface area contributed by atoms with Crippen LogP contribution in [-0.2, 0) is 6.42 Å². The zero-order valence-electron chi connectivity index (χ0n) is 11.4. The zero-order chi connectivity index (χ0) is 13.8. The Bertz CT molecular complexity index is 549. The van der Waals surface area contributed by atoms with E-state index in [1.54, 1.807) is 20.4 Å². The number of nitrogens with two attached hydrogens (primary N) is 1. The lowest BCUT2D eigenvalue weighted by Crippen LogP contribution is -2.18. The van der Waals surface area contributed by atoms with E-state index >= 15 is 0 Å². The Morgan fingerprint density at radius 2 is 2.11 bits per heavy atom. The summed E-state index contributed by atoms with van der Waals surface area (Å²) in [5, 5.41) is 0. The van der Waals surface area contributed by atoms with Gasteiger partial charge in [-0.15, -0.1) is 0 Å². The molecule has 1 heterocycles. The standard InChI is InChI=1S/C14H19N3O2/c1-9(15)6-14-16-8-12(17-14)11-7-10(18-2)4-5-13(11)19-3/h4-5,7-9H,6,15H2,1-3H3,(H,16,17). The summed E-state index contributed by atoms with van der Waals surface area (Å²) >= 11 is 0. The number of nitrogens with one attached hydrogen (secondary N) is 1. The van der Waals surface area contributed by atoms with Gasteiger partial charge in [0.2, 0.25) is 0 Å². The van der Waals surface area contributed by atoms with Crippen LogP contribution < -0.4 is 15.2 Å². The van der Waals surface area contributed by atoms with Gasteiger partial charge in [0.25, 0.3) is 0 Å². The van der Waals surface area contributed by atoms with Crippen molar-refractivity contribution in [3.63, 3.8) is 0 Å². The van der Waals surface area contributed by atoms with Gasteiger partial charge >= 0.3 is 0 Å². The summed E-state index contributed by atoms with van der Waals surface area (Å²) < 4.78 is 10.6. The highest BCUT2D eigenvalue weighted by molar-refractivity contribution is 5.68. The smallest absolute Gasteiger partial charge is 0.128 e.